The fourth-order valence-corrected chi connectivity index (χ4v) is 2.76. The van der Waals surface area contributed by atoms with E-state index in [1.165, 1.54) is 0 Å². The molecule has 11 heteroatoms. The van der Waals surface area contributed by atoms with Gasteiger partial charge in [0.25, 0.3) is 0 Å². The largest absolute Gasteiger partial charge is 0.506 e. The minimum Gasteiger partial charge on any atom is -0.506 e. The number of phenolic OH excluding ortho intramolecular Hbond substituents is 1. The summed E-state index contributed by atoms with van der Waals surface area (Å²) < 4.78 is 37.6. The number of carbonyl (C=O) groups excluding carboxylic acids is 2. The highest BCUT2D eigenvalue weighted by Gasteiger charge is 2.33. The van der Waals surface area contributed by atoms with Crippen molar-refractivity contribution in [1.29, 1.82) is 0 Å². The van der Waals surface area contributed by atoms with E-state index in [9.17, 15) is 23.1 Å². The summed E-state index contributed by atoms with van der Waals surface area (Å²) >= 11 is 0. The van der Waals surface area contributed by atoms with E-state index >= 15 is 0 Å². The van der Waals surface area contributed by atoms with Gasteiger partial charge in [0, 0.05) is 0 Å². The number of benzene rings is 1. The summed E-state index contributed by atoms with van der Waals surface area (Å²) in [7, 11) is -1.82. The van der Waals surface area contributed by atoms with E-state index < -0.39 is 22.0 Å². The fraction of sp³-hybridized carbons (Fsp3) is 0.286. The lowest BCUT2D eigenvalue weighted by Crippen LogP contribution is -2.39. The smallest absolute Gasteiger partial charge is 0.355 e. The van der Waals surface area contributed by atoms with Crippen LogP contribution < -0.4 is 10.0 Å². The first-order valence-electron chi connectivity index (χ1n) is 6.81. The van der Waals surface area contributed by atoms with Crippen molar-refractivity contribution in [2.45, 2.75) is 4.90 Å². The first-order valence-corrected chi connectivity index (χ1v) is 8.36. The van der Waals surface area contributed by atoms with Gasteiger partial charge in [-0.3, -0.25) is 0 Å². The fourth-order valence-electron chi connectivity index (χ4n) is 2.23. The zero-order valence-corrected chi connectivity index (χ0v) is 14.2. The highest BCUT2D eigenvalue weighted by Crippen LogP contribution is 2.35. The van der Waals surface area contributed by atoms with Gasteiger partial charge in [-0.15, -0.1) is 0 Å². The Morgan fingerprint density at radius 3 is 2.44 bits per heavy atom. The van der Waals surface area contributed by atoms with Gasteiger partial charge in [0.15, 0.2) is 0 Å². The minimum atomic E-state index is -4.06. The topological polar surface area (TPSA) is 145 Å². The molecule has 0 aliphatic carbocycles. The monoisotopic (exact) mass is 372 g/mol. The third kappa shape index (κ3) is 3.73. The Morgan fingerprint density at radius 2 is 1.88 bits per heavy atom. The van der Waals surface area contributed by atoms with Crippen LogP contribution in [0.15, 0.2) is 34.4 Å². The molecule has 1 aromatic carbocycles. The van der Waals surface area contributed by atoms with Crippen LogP contribution in [0.4, 0.5) is 5.69 Å². The maximum Gasteiger partial charge on any atom is 0.355 e. The van der Waals surface area contributed by atoms with Gasteiger partial charge >= 0.3 is 11.9 Å². The van der Waals surface area contributed by atoms with E-state index in [2.05, 4.69) is 9.47 Å². The van der Waals surface area contributed by atoms with Gasteiger partial charge in [-0.2, -0.15) is 0 Å². The number of nitrogens with two attached hydrogens (primary N) is 1. The summed E-state index contributed by atoms with van der Waals surface area (Å²) in [5, 5.41) is 15.2. The van der Waals surface area contributed by atoms with Crippen LogP contribution in [0.25, 0.3) is 0 Å². The molecule has 2 rings (SSSR count). The second-order valence-electron chi connectivity index (χ2n) is 4.91. The first kappa shape index (κ1) is 18.7. The number of anilines is 1. The molecule has 0 amide bonds. The minimum absolute atomic E-state index is 0.104. The summed E-state index contributed by atoms with van der Waals surface area (Å²) in [5.41, 5.74) is -0.475. The zero-order valence-electron chi connectivity index (χ0n) is 13.4. The maximum atomic E-state index is 12.2. The molecule has 0 unspecified atom stereocenters. The first-order chi connectivity index (χ1) is 11.7. The Balaban J connectivity index is 2.67. The van der Waals surface area contributed by atoms with Gasteiger partial charge in [0.2, 0.25) is 10.0 Å². The number of primary sulfonamides is 1. The molecular weight excluding hydrogens is 356 g/mol. The van der Waals surface area contributed by atoms with Crippen LogP contribution >= 0.6 is 0 Å². The molecule has 25 heavy (non-hydrogen) atoms. The molecule has 0 fully saturated rings. The van der Waals surface area contributed by atoms with Crippen LogP contribution in [0.5, 0.6) is 5.75 Å². The Labute approximate surface area is 143 Å². The van der Waals surface area contributed by atoms with Crippen LogP contribution in [-0.4, -0.2) is 53.0 Å². The molecule has 10 nitrogen and oxygen atoms in total. The Morgan fingerprint density at radius 1 is 1.24 bits per heavy atom. The SMILES string of the molecule is COC(=O)C1=C(C(=O)OC)N(c2cc(S(N)(=O)=O)ccc2O)COC1. The van der Waals surface area contributed by atoms with E-state index in [0.717, 1.165) is 37.3 Å². The van der Waals surface area contributed by atoms with E-state index in [4.69, 9.17) is 9.88 Å². The van der Waals surface area contributed by atoms with Gasteiger partial charge in [-0.1, -0.05) is 0 Å². The van der Waals surface area contributed by atoms with Crippen molar-refractivity contribution in [1.82, 2.24) is 0 Å². The van der Waals surface area contributed by atoms with Gasteiger partial charge in [0.05, 0.1) is 37.0 Å². The van der Waals surface area contributed by atoms with Gasteiger partial charge in [-0.05, 0) is 18.2 Å². The molecule has 0 saturated carbocycles. The number of phenols is 1. The normalized spacial score (nSPS) is 15.1. The molecule has 136 valence electrons. The Bertz CT molecular complexity index is 846. The molecule has 1 heterocycles. The molecule has 0 bridgehead atoms. The van der Waals surface area contributed by atoms with E-state index in [1.54, 1.807) is 0 Å². The van der Waals surface area contributed by atoms with Crippen molar-refractivity contribution in [2.75, 3.05) is 32.5 Å². The van der Waals surface area contributed by atoms with Crippen LogP contribution in [0, 0.1) is 0 Å². The number of rotatable bonds is 4. The van der Waals surface area contributed by atoms with Crippen molar-refractivity contribution < 1.29 is 37.3 Å². The third-order valence-electron chi connectivity index (χ3n) is 3.40. The average Bonchev–Trinajstić information content (AvgIpc) is 2.59. The molecule has 0 radical (unpaired) electrons. The van der Waals surface area contributed by atoms with Crippen molar-refractivity contribution in [2.24, 2.45) is 5.14 Å². The van der Waals surface area contributed by atoms with Gasteiger partial charge < -0.3 is 24.2 Å². The molecule has 1 aromatic rings. The van der Waals surface area contributed by atoms with Crippen LogP contribution in [-0.2, 0) is 33.8 Å². The highest BCUT2D eigenvalue weighted by molar-refractivity contribution is 7.89. The second-order valence-corrected chi connectivity index (χ2v) is 6.47. The summed E-state index contributed by atoms with van der Waals surface area (Å²) in [4.78, 5) is 24.9. The van der Waals surface area contributed by atoms with Crippen LogP contribution in [0.1, 0.15) is 0 Å². The van der Waals surface area contributed by atoms with Crippen molar-refractivity contribution in [3.05, 3.63) is 29.5 Å². The number of esters is 2. The third-order valence-corrected chi connectivity index (χ3v) is 4.31. The number of hydrogen-bond acceptors (Lipinski definition) is 9. The number of sulfonamides is 1. The van der Waals surface area contributed by atoms with E-state index in [1.807, 2.05) is 0 Å². The predicted octanol–water partition coefficient (Wildman–Crippen LogP) is -0.566. The molecule has 0 spiro atoms. The van der Waals surface area contributed by atoms with Crippen molar-refractivity contribution in [3.63, 3.8) is 0 Å². The number of ether oxygens (including phenoxy) is 3. The zero-order chi connectivity index (χ0) is 18.8. The maximum absolute atomic E-state index is 12.2. The summed E-state index contributed by atoms with van der Waals surface area (Å²) in [6.45, 7) is -0.462. The van der Waals surface area contributed by atoms with Gasteiger partial charge in [-0.25, -0.2) is 23.1 Å². The quantitative estimate of drug-likeness (QED) is 0.664. The number of carbonyl (C=O) groups is 2. The van der Waals surface area contributed by atoms with Crippen LogP contribution in [0.2, 0.25) is 0 Å². The van der Waals surface area contributed by atoms with Crippen LogP contribution in [0.3, 0.4) is 0 Å². The van der Waals surface area contributed by atoms with Crippen molar-refractivity contribution in [3.8, 4) is 5.75 Å². The highest BCUT2D eigenvalue weighted by atomic mass is 32.2. The molecule has 1 aliphatic rings. The number of hydrogen-bond donors (Lipinski definition) is 2. The van der Waals surface area contributed by atoms with E-state index in [-0.39, 0.29) is 40.9 Å². The molecule has 1 aliphatic heterocycles. The van der Waals surface area contributed by atoms with E-state index in [0.29, 0.717) is 0 Å². The predicted molar refractivity (Wildman–Crippen MR) is 83.8 cm³/mol. The lowest BCUT2D eigenvalue weighted by molar-refractivity contribution is -0.140. The Kier molecular flexibility index (Phi) is 5.30. The van der Waals surface area contributed by atoms with Crippen molar-refractivity contribution >= 4 is 27.6 Å². The summed E-state index contributed by atoms with van der Waals surface area (Å²) in [6, 6.07) is 3.25. The summed E-state index contributed by atoms with van der Waals surface area (Å²) in [6.07, 6.45) is 0. The summed E-state index contributed by atoms with van der Waals surface area (Å²) in [5.74, 6) is -2.07. The average molecular weight is 372 g/mol. The molecule has 0 aromatic heterocycles. The molecule has 0 atom stereocenters. The lowest BCUT2D eigenvalue weighted by Gasteiger charge is -2.31. The molecule has 3 N–H and O–H groups in total. The Hall–Kier alpha value is -2.63. The number of nitrogens with zero attached hydrogens (tertiary/aromatic N) is 1. The lowest BCUT2D eigenvalue weighted by atomic mass is 10.1. The standard InChI is InChI=1S/C14H16N2O8S/c1-22-13(18)9-6-24-7-16(12(9)14(19)23-2)10-5-8(25(15,20)21)3-4-11(10)17/h3-5,17H,6-7H2,1-2H3,(H2,15,20,21). The molecular formula is C14H16N2O8S. The number of methoxy groups -OCH3 is 2. The molecule has 0 saturated heterocycles. The second kappa shape index (κ2) is 7.09. The van der Waals surface area contributed by atoms with Gasteiger partial charge in [0.1, 0.15) is 18.2 Å². The number of aromatic hydroxyl groups is 1.